The van der Waals surface area contributed by atoms with Crippen LogP contribution in [0.15, 0.2) is 47.3 Å². The molecule has 0 saturated heterocycles. The summed E-state index contributed by atoms with van der Waals surface area (Å²) in [6, 6.07) is 13.5. The van der Waals surface area contributed by atoms with Crippen molar-refractivity contribution >= 4 is 34.2 Å². The SMILES string of the molecule is Cc1ccccc1C=C1CCn2c1nc1cc(Cl)ccc1c2=O. The second-order valence-corrected chi connectivity index (χ2v) is 6.27. The molecule has 0 N–H and O–H groups in total. The molecule has 4 heteroatoms. The van der Waals surface area contributed by atoms with E-state index in [0.29, 0.717) is 22.5 Å². The average molecular weight is 323 g/mol. The van der Waals surface area contributed by atoms with Gasteiger partial charge in [-0.05, 0) is 54.3 Å². The predicted octanol–water partition coefficient (Wildman–Crippen LogP) is 4.30. The van der Waals surface area contributed by atoms with Crippen LogP contribution in [0.4, 0.5) is 0 Å². The van der Waals surface area contributed by atoms with Crippen LogP contribution in [0.5, 0.6) is 0 Å². The van der Waals surface area contributed by atoms with Crippen LogP contribution in [-0.4, -0.2) is 9.55 Å². The largest absolute Gasteiger partial charge is 0.292 e. The van der Waals surface area contributed by atoms with Gasteiger partial charge in [0.05, 0.1) is 10.9 Å². The van der Waals surface area contributed by atoms with Gasteiger partial charge in [-0.2, -0.15) is 0 Å². The smallest absolute Gasteiger partial charge is 0.261 e. The third-order valence-electron chi connectivity index (χ3n) is 4.33. The van der Waals surface area contributed by atoms with Gasteiger partial charge in [0.25, 0.3) is 5.56 Å². The van der Waals surface area contributed by atoms with E-state index in [1.807, 2.05) is 12.1 Å². The summed E-state index contributed by atoms with van der Waals surface area (Å²) < 4.78 is 1.76. The van der Waals surface area contributed by atoms with Crippen LogP contribution < -0.4 is 5.56 Å². The van der Waals surface area contributed by atoms with Gasteiger partial charge in [-0.1, -0.05) is 35.9 Å². The topological polar surface area (TPSA) is 34.9 Å². The Kier molecular flexibility index (Phi) is 3.31. The number of fused-ring (bicyclic) bond motifs is 2. The summed E-state index contributed by atoms with van der Waals surface area (Å²) >= 11 is 6.05. The second kappa shape index (κ2) is 5.36. The molecular formula is C19H15ClN2O. The number of rotatable bonds is 1. The number of halogens is 1. The molecule has 0 unspecified atom stereocenters. The Morgan fingerprint density at radius 1 is 1.22 bits per heavy atom. The first-order chi connectivity index (χ1) is 11.1. The fraction of sp³-hybridized carbons (Fsp3) is 0.158. The van der Waals surface area contributed by atoms with Crippen LogP contribution in [0, 0.1) is 6.92 Å². The van der Waals surface area contributed by atoms with E-state index in [9.17, 15) is 4.79 Å². The van der Waals surface area contributed by atoms with Gasteiger partial charge in [0.2, 0.25) is 0 Å². The molecule has 3 nitrogen and oxygen atoms in total. The Bertz CT molecular complexity index is 1020. The standard InChI is InChI=1S/C19H15ClN2O/c1-12-4-2-3-5-13(12)10-14-8-9-22-18(14)21-17-11-15(20)6-7-16(17)19(22)23/h2-7,10-11H,8-9H2,1H3. The van der Waals surface area contributed by atoms with Crippen molar-refractivity contribution in [2.75, 3.05) is 0 Å². The van der Waals surface area contributed by atoms with E-state index in [0.717, 1.165) is 23.4 Å². The molecule has 0 bridgehead atoms. The number of hydrogen-bond acceptors (Lipinski definition) is 2. The zero-order valence-corrected chi connectivity index (χ0v) is 13.5. The molecule has 1 aromatic heterocycles. The zero-order chi connectivity index (χ0) is 16.0. The first-order valence-electron chi connectivity index (χ1n) is 7.60. The van der Waals surface area contributed by atoms with Crippen molar-refractivity contribution in [1.29, 1.82) is 0 Å². The lowest BCUT2D eigenvalue weighted by Gasteiger charge is -2.06. The van der Waals surface area contributed by atoms with Gasteiger partial charge in [0.15, 0.2) is 0 Å². The lowest BCUT2D eigenvalue weighted by atomic mass is 10.0. The van der Waals surface area contributed by atoms with E-state index in [1.165, 1.54) is 5.56 Å². The maximum absolute atomic E-state index is 12.6. The molecule has 2 aromatic carbocycles. The summed E-state index contributed by atoms with van der Waals surface area (Å²) in [5.41, 5.74) is 4.14. The summed E-state index contributed by atoms with van der Waals surface area (Å²) in [7, 11) is 0. The number of hydrogen-bond donors (Lipinski definition) is 0. The number of aromatic nitrogens is 2. The van der Waals surface area contributed by atoms with Crippen molar-refractivity contribution in [3.05, 3.63) is 74.8 Å². The summed E-state index contributed by atoms with van der Waals surface area (Å²) in [5, 5.41) is 1.21. The van der Waals surface area contributed by atoms with E-state index in [4.69, 9.17) is 16.6 Å². The van der Waals surface area contributed by atoms with E-state index < -0.39 is 0 Å². The number of benzene rings is 2. The molecule has 0 aliphatic carbocycles. The third kappa shape index (κ3) is 2.37. The van der Waals surface area contributed by atoms with Gasteiger partial charge in [-0.3, -0.25) is 9.36 Å². The summed E-state index contributed by atoms with van der Waals surface area (Å²) in [6.07, 6.45) is 2.96. The van der Waals surface area contributed by atoms with Gasteiger partial charge in [0, 0.05) is 11.6 Å². The van der Waals surface area contributed by atoms with E-state index in [-0.39, 0.29) is 5.56 Å². The summed E-state index contributed by atoms with van der Waals surface area (Å²) in [6.45, 7) is 2.76. The molecule has 4 rings (SSSR count). The Labute approximate surface area is 138 Å². The fourth-order valence-corrected chi connectivity index (χ4v) is 3.23. The van der Waals surface area contributed by atoms with Crippen LogP contribution in [0.1, 0.15) is 23.4 Å². The van der Waals surface area contributed by atoms with Gasteiger partial charge in [-0.25, -0.2) is 4.98 Å². The number of aryl methyl sites for hydroxylation is 1. The maximum Gasteiger partial charge on any atom is 0.261 e. The second-order valence-electron chi connectivity index (χ2n) is 5.83. The lowest BCUT2D eigenvalue weighted by Crippen LogP contribution is -2.20. The Morgan fingerprint density at radius 3 is 2.87 bits per heavy atom. The highest BCUT2D eigenvalue weighted by atomic mass is 35.5. The van der Waals surface area contributed by atoms with Crippen LogP contribution in [0.25, 0.3) is 22.6 Å². The molecular weight excluding hydrogens is 308 g/mol. The molecule has 2 heterocycles. The number of nitrogens with zero attached hydrogens (tertiary/aromatic N) is 2. The molecule has 0 radical (unpaired) electrons. The molecule has 23 heavy (non-hydrogen) atoms. The van der Waals surface area contributed by atoms with Crippen LogP contribution in [0.2, 0.25) is 5.02 Å². The Balaban J connectivity index is 1.93. The highest BCUT2D eigenvalue weighted by Gasteiger charge is 2.21. The lowest BCUT2D eigenvalue weighted by molar-refractivity contribution is 0.725. The van der Waals surface area contributed by atoms with Crippen molar-refractivity contribution in [2.24, 2.45) is 0 Å². The molecule has 114 valence electrons. The molecule has 0 fully saturated rings. The minimum Gasteiger partial charge on any atom is -0.292 e. The van der Waals surface area contributed by atoms with Crippen molar-refractivity contribution in [3.63, 3.8) is 0 Å². The van der Waals surface area contributed by atoms with Gasteiger partial charge < -0.3 is 0 Å². The molecule has 1 aliphatic rings. The monoisotopic (exact) mass is 322 g/mol. The molecule has 0 spiro atoms. The first kappa shape index (κ1) is 14.2. The van der Waals surface area contributed by atoms with Crippen molar-refractivity contribution in [1.82, 2.24) is 9.55 Å². The van der Waals surface area contributed by atoms with Gasteiger partial charge in [0.1, 0.15) is 5.82 Å². The summed E-state index contributed by atoms with van der Waals surface area (Å²) in [4.78, 5) is 17.3. The molecule has 3 aromatic rings. The first-order valence-corrected chi connectivity index (χ1v) is 7.98. The Hall–Kier alpha value is -2.39. The zero-order valence-electron chi connectivity index (χ0n) is 12.7. The highest BCUT2D eigenvalue weighted by molar-refractivity contribution is 6.31. The minimum absolute atomic E-state index is 0.00912. The third-order valence-corrected chi connectivity index (χ3v) is 4.56. The number of allylic oxidation sites excluding steroid dienone is 1. The van der Waals surface area contributed by atoms with Crippen molar-refractivity contribution in [3.8, 4) is 0 Å². The van der Waals surface area contributed by atoms with Gasteiger partial charge in [-0.15, -0.1) is 0 Å². The van der Waals surface area contributed by atoms with Gasteiger partial charge >= 0.3 is 0 Å². The van der Waals surface area contributed by atoms with E-state index >= 15 is 0 Å². The van der Waals surface area contributed by atoms with Crippen LogP contribution >= 0.6 is 11.6 Å². The minimum atomic E-state index is 0.00912. The van der Waals surface area contributed by atoms with Crippen molar-refractivity contribution < 1.29 is 0 Å². The fourth-order valence-electron chi connectivity index (χ4n) is 3.06. The van der Waals surface area contributed by atoms with E-state index in [2.05, 4.69) is 25.1 Å². The van der Waals surface area contributed by atoms with Crippen LogP contribution in [0.3, 0.4) is 0 Å². The molecule has 0 atom stereocenters. The van der Waals surface area contributed by atoms with Crippen molar-refractivity contribution in [2.45, 2.75) is 19.9 Å². The average Bonchev–Trinajstić information content (AvgIpc) is 2.93. The molecule has 0 amide bonds. The maximum atomic E-state index is 12.6. The Morgan fingerprint density at radius 2 is 2.04 bits per heavy atom. The predicted molar refractivity (Wildman–Crippen MR) is 94.7 cm³/mol. The van der Waals surface area contributed by atoms with Crippen LogP contribution in [-0.2, 0) is 6.54 Å². The highest BCUT2D eigenvalue weighted by Crippen LogP contribution is 2.28. The summed E-state index contributed by atoms with van der Waals surface area (Å²) in [5.74, 6) is 0.757. The molecule has 0 saturated carbocycles. The molecule has 1 aliphatic heterocycles. The normalized spacial score (nSPS) is 15.3. The quantitative estimate of drug-likeness (QED) is 0.669. The van der Waals surface area contributed by atoms with E-state index in [1.54, 1.807) is 22.8 Å².